The number of rotatable bonds is 13. The summed E-state index contributed by atoms with van der Waals surface area (Å²) in [6.07, 6.45) is 7.91. The van der Waals surface area contributed by atoms with Crippen molar-refractivity contribution in [1.82, 2.24) is 19.3 Å². The number of ether oxygens (including phenoxy) is 2. The normalized spacial score (nSPS) is 11.9. The Hall–Kier alpha value is -4.18. The maximum Gasteiger partial charge on any atom is 0.356 e. The van der Waals surface area contributed by atoms with Crippen LogP contribution in [0.5, 0.6) is 0 Å². The van der Waals surface area contributed by atoms with Crippen molar-refractivity contribution in [2.24, 2.45) is 0 Å². The van der Waals surface area contributed by atoms with Crippen LogP contribution >= 0.6 is 0 Å². The maximum atomic E-state index is 13.0. The highest BCUT2D eigenvalue weighted by Gasteiger charge is 2.26. The van der Waals surface area contributed by atoms with E-state index in [1.807, 2.05) is 45.8 Å². The van der Waals surface area contributed by atoms with E-state index in [1.54, 1.807) is 12.4 Å². The molecule has 0 radical (unpaired) electrons. The molecule has 0 aliphatic heterocycles. The number of carbonyl (C=O) groups is 2. The van der Waals surface area contributed by atoms with Crippen molar-refractivity contribution in [3.05, 3.63) is 72.3 Å². The Balaban J connectivity index is 1.65. The van der Waals surface area contributed by atoms with Crippen molar-refractivity contribution < 1.29 is 19.1 Å². The Bertz CT molecular complexity index is 1350. The smallest absolute Gasteiger partial charge is 0.356 e. The molecule has 4 rings (SSSR count). The number of fused-ring (bicyclic) bond motifs is 1. The van der Waals surface area contributed by atoms with Gasteiger partial charge in [0.1, 0.15) is 12.3 Å². The second kappa shape index (κ2) is 12.9. The second-order valence-corrected chi connectivity index (χ2v) is 9.14. The third-order valence-electron chi connectivity index (χ3n) is 6.27. The summed E-state index contributed by atoms with van der Waals surface area (Å²) in [5.41, 5.74) is 3.22. The van der Waals surface area contributed by atoms with Gasteiger partial charge < -0.3 is 24.7 Å². The first-order valence-electron chi connectivity index (χ1n) is 12.7. The maximum absolute atomic E-state index is 13.0. The Morgan fingerprint density at radius 2 is 1.92 bits per heavy atom. The third-order valence-corrected chi connectivity index (χ3v) is 6.27. The fraction of sp³-hybridized carbons (Fsp3) is 0.357. The van der Waals surface area contributed by atoms with E-state index in [-0.39, 0.29) is 24.2 Å². The molecule has 10 heteroatoms. The number of hydrogen-bond donors (Lipinski definition) is 2. The zero-order valence-corrected chi connectivity index (χ0v) is 22.0. The van der Waals surface area contributed by atoms with Gasteiger partial charge in [0.15, 0.2) is 5.69 Å². The van der Waals surface area contributed by atoms with Gasteiger partial charge in [-0.15, -0.1) is 0 Å². The highest BCUT2D eigenvalue weighted by atomic mass is 16.5. The topological polar surface area (TPSA) is 112 Å². The summed E-state index contributed by atoms with van der Waals surface area (Å²) in [6, 6.07) is 14.1. The molecule has 1 atom stereocenters. The monoisotopic (exact) mass is 518 g/mol. The zero-order chi connectivity index (χ0) is 26.9. The standard InChI is InChI=1S/C28H34N6O4/c1-20(12-16-33-14-8-13-30-33)31-22-17-23-25(32-24(35)19-37-2)26(28(36)38-3)34(27(23)29-18-22)15-7-11-21-9-5-4-6-10-21/h4-6,8-10,13-14,17-18,20,31H,7,11-12,15-16,19H2,1-3H3,(H,32,35)/t20-/m1/s1. The summed E-state index contributed by atoms with van der Waals surface area (Å²) in [5.74, 6) is -0.913. The molecule has 0 aliphatic carbocycles. The van der Waals surface area contributed by atoms with Crippen molar-refractivity contribution >= 4 is 34.3 Å². The lowest BCUT2D eigenvalue weighted by molar-refractivity contribution is -0.119. The van der Waals surface area contributed by atoms with Crippen LogP contribution in [0.3, 0.4) is 0 Å². The lowest BCUT2D eigenvalue weighted by Crippen LogP contribution is -2.20. The van der Waals surface area contributed by atoms with E-state index in [9.17, 15) is 9.59 Å². The number of aryl methyl sites for hydroxylation is 3. The largest absolute Gasteiger partial charge is 0.464 e. The number of aromatic nitrogens is 4. The lowest BCUT2D eigenvalue weighted by atomic mass is 10.1. The molecule has 0 saturated carbocycles. The van der Waals surface area contributed by atoms with Gasteiger partial charge in [0, 0.05) is 44.0 Å². The molecule has 0 spiro atoms. The van der Waals surface area contributed by atoms with Crippen LogP contribution in [0.4, 0.5) is 11.4 Å². The van der Waals surface area contributed by atoms with Crippen LogP contribution < -0.4 is 10.6 Å². The first-order valence-corrected chi connectivity index (χ1v) is 12.7. The van der Waals surface area contributed by atoms with E-state index in [0.717, 1.165) is 31.5 Å². The van der Waals surface area contributed by atoms with Crippen molar-refractivity contribution in [2.45, 2.75) is 45.3 Å². The molecule has 4 aromatic rings. The number of benzene rings is 1. The van der Waals surface area contributed by atoms with E-state index >= 15 is 0 Å². The first-order chi connectivity index (χ1) is 18.5. The van der Waals surface area contributed by atoms with Crippen LogP contribution in [0.15, 0.2) is 61.1 Å². The average Bonchev–Trinajstić information content (AvgIpc) is 3.54. The minimum Gasteiger partial charge on any atom is -0.464 e. The number of carbonyl (C=O) groups excluding carboxylic acids is 2. The highest BCUT2D eigenvalue weighted by Crippen LogP contribution is 2.33. The number of methoxy groups -OCH3 is 2. The number of esters is 1. The number of pyridine rings is 1. The Kier molecular flexibility index (Phi) is 9.10. The van der Waals surface area contributed by atoms with Gasteiger partial charge in [-0.1, -0.05) is 30.3 Å². The number of anilines is 2. The van der Waals surface area contributed by atoms with Gasteiger partial charge in [0.25, 0.3) is 0 Å². The van der Waals surface area contributed by atoms with Crippen molar-refractivity contribution in [1.29, 1.82) is 0 Å². The minimum atomic E-state index is -0.544. The van der Waals surface area contributed by atoms with Crippen LogP contribution in [0, 0.1) is 0 Å². The fourth-order valence-corrected chi connectivity index (χ4v) is 4.47. The van der Waals surface area contributed by atoms with E-state index in [2.05, 4.69) is 34.8 Å². The summed E-state index contributed by atoms with van der Waals surface area (Å²) in [6.45, 7) is 3.25. The molecule has 0 aliphatic rings. The molecule has 0 fully saturated rings. The fourth-order valence-electron chi connectivity index (χ4n) is 4.47. The number of nitrogens with zero attached hydrogens (tertiary/aromatic N) is 4. The molecule has 0 saturated heterocycles. The molecule has 3 heterocycles. The summed E-state index contributed by atoms with van der Waals surface area (Å²) >= 11 is 0. The number of amides is 1. The quantitative estimate of drug-likeness (QED) is 0.256. The highest BCUT2D eigenvalue weighted by molar-refractivity contribution is 6.11. The van der Waals surface area contributed by atoms with Gasteiger partial charge in [-0.05, 0) is 43.9 Å². The molecular weight excluding hydrogens is 484 g/mol. The number of nitrogens with one attached hydrogen (secondary N) is 2. The Labute approximate surface area is 222 Å². The molecule has 1 amide bonds. The van der Waals surface area contributed by atoms with Gasteiger partial charge in [-0.2, -0.15) is 5.10 Å². The molecule has 200 valence electrons. The van der Waals surface area contributed by atoms with E-state index in [0.29, 0.717) is 23.3 Å². The summed E-state index contributed by atoms with van der Waals surface area (Å²) in [7, 11) is 2.78. The van der Waals surface area contributed by atoms with Crippen molar-refractivity contribution in [3.8, 4) is 0 Å². The first kappa shape index (κ1) is 26.9. The second-order valence-electron chi connectivity index (χ2n) is 9.14. The molecular formula is C28H34N6O4. The molecule has 0 bridgehead atoms. The van der Waals surface area contributed by atoms with E-state index in [4.69, 9.17) is 14.5 Å². The van der Waals surface area contributed by atoms with E-state index in [1.165, 1.54) is 19.8 Å². The zero-order valence-electron chi connectivity index (χ0n) is 22.0. The average molecular weight is 519 g/mol. The van der Waals surface area contributed by atoms with Gasteiger partial charge in [0.05, 0.1) is 24.7 Å². The summed E-state index contributed by atoms with van der Waals surface area (Å²) < 4.78 is 13.8. The predicted molar refractivity (Wildman–Crippen MR) is 146 cm³/mol. The van der Waals surface area contributed by atoms with Crippen molar-refractivity contribution in [3.63, 3.8) is 0 Å². The van der Waals surface area contributed by atoms with Crippen LogP contribution in [0.2, 0.25) is 0 Å². The number of hydrogen-bond acceptors (Lipinski definition) is 7. The van der Waals surface area contributed by atoms with Gasteiger partial charge in [-0.25, -0.2) is 9.78 Å². The summed E-state index contributed by atoms with van der Waals surface area (Å²) in [5, 5.41) is 11.2. The lowest BCUT2D eigenvalue weighted by Gasteiger charge is -2.15. The van der Waals surface area contributed by atoms with Gasteiger partial charge >= 0.3 is 5.97 Å². The van der Waals surface area contributed by atoms with Crippen LogP contribution in [0.1, 0.15) is 35.8 Å². The third kappa shape index (κ3) is 6.57. The Morgan fingerprint density at radius 3 is 2.63 bits per heavy atom. The molecule has 2 N–H and O–H groups in total. The molecule has 0 unspecified atom stereocenters. The van der Waals surface area contributed by atoms with Crippen LogP contribution in [-0.2, 0) is 33.8 Å². The predicted octanol–water partition coefficient (Wildman–Crippen LogP) is 4.13. The molecule has 1 aromatic carbocycles. The summed E-state index contributed by atoms with van der Waals surface area (Å²) in [4.78, 5) is 30.2. The molecule has 10 nitrogen and oxygen atoms in total. The van der Waals surface area contributed by atoms with Crippen LogP contribution in [0.25, 0.3) is 11.0 Å². The SMILES string of the molecule is COCC(=O)Nc1c(C(=O)OC)n(CCCc2ccccc2)c2ncc(N[C@H](C)CCn3cccn3)cc12. The van der Waals surface area contributed by atoms with Gasteiger partial charge in [-0.3, -0.25) is 9.48 Å². The van der Waals surface area contributed by atoms with Crippen LogP contribution in [-0.4, -0.2) is 58.1 Å². The molecule has 3 aromatic heterocycles. The van der Waals surface area contributed by atoms with E-state index < -0.39 is 5.97 Å². The molecule has 38 heavy (non-hydrogen) atoms. The Morgan fingerprint density at radius 1 is 1.11 bits per heavy atom. The van der Waals surface area contributed by atoms with Gasteiger partial charge in [0.2, 0.25) is 5.91 Å². The van der Waals surface area contributed by atoms with Crippen molar-refractivity contribution in [2.75, 3.05) is 31.5 Å². The minimum absolute atomic E-state index is 0.137.